The highest BCUT2D eigenvalue weighted by molar-refractivity contribution is 5.91. The SMILES string of the molecule is C=C(C)/C=C(OCC)\C(=N/N[O-])OCC. The Hall–Kier alpha value is -1.49. The molecule has 0 saturated heterocycles. The predicted octanol–water partition coefficient (Wildman–Crippen LogP) is 1.92. The van der Waals surface area contributed by atoms with Crippen molar-refractivity contribution in [3.8, 4) is 0 Å². The zero-order chi connectivity index (χ0) is 11.7. The second-order valence-corrected chi connectivity index (χ2v) is 2.73. The van der Waals surface area contributed by atoms with Gasteiger partial charge in [0.25, 0.3) is 5.90 Å². The molecule has 86 valence electrons. The summed E-state index contributed by atoms with van der Waals surface area (Å²) in [7, 11) is 0. The maximum Gasteiger partial charge on any atom is 0.272 e. The molecule has 0 amide bonds. The van der Waals surface area contributed by atoms with E-state index in [9.17, 15) is 5.21 Å². The van der Waals surface area contributed by atoms with Gasteiger partial charge in [-0.2, -0.15) is 0 Å². The summed E-state index contributed by atoms with van der Waals surface area (Å²) in [6.07, 6.45) is 1.66. The molecule has 0 spiro atoms. The van der Waals surface area contributed by atoms with Crippen LogP contribution in [0.4, 0.5) is 0 Å². The molecule has 0 aromatic rings. The lowest BCUT2D eigenvalue weighted by Crippen LogP contribution is -2.14. The van der Waals surface area contributed by atoms with Crippen molar-refractivity contribution < 1.29 is 9.47 Å². The van der Waals surface area contributed by atoms with Crippen molar-refractivity contribution in [1.29, 1.82) is 0 Å². The Morgan fingerprint density at radius 2 is 2.00 bits per heavy atom. The molecule has 5 nitrogen and oxygen atoms in total. The van der Waals surface area contributed by atoms with Gasteiger partial charge in [-0.25, -0.2) is 0 Å². The molecule has 0 unspecified atom stereocenters. The van der Waals surface area contributed by atoms with Gasteiger partial charge in [-0.05, 0) is 26.8 Å². The Labute approximate surface area is 90.0 Å². The van der Waals surface area contributed by atoms with E-state index in [0.717, 1.165) is 5.57 Å². The third-order valence-electron chi connectivity index (χ3n) is 1.32. The summed E-state index contributed by atoms with van der Waals surface area (Å²) in [5.74, 6) is 0.535. The van der Waals surface area contributed by atoms with E-state index in [-0.39, 0.29) is 5.90 Å². The van der Waals surface area contributed by atoms with Gasteiger partial charge in [0.1, 0.15) is 0 Å². The number of ether oxygens (including phenoxy) is 2. The van der Waals surface area contributed by atoms with Crippen molar-refractivity contribution in [2.75, 3.05) is 13.2 Å². The molecule has 0 aliphatic rings. The zero-order valence-corrected chi connectivity index (χ0v) is 9.37. The highest BCUT2D eigenvalue weighted by Crippen LogP contribution is 2.06. The van der Waals surface area contributed by atoms with Crippen LogP contribution in [-0.4, -0.2) is 19.1 Å². The fraction of sp³-hybridized carbons (Fsp3) is 0.500. The molecule has 0 saturated carbocycles. The van der Waals surface area contributed by atoms with E-state index < -0.39 is 0 Å². The van der Waals surface area contributed by atoms with E-state index in [1.807, 2.05) is 13.8 Å². The molecule has 15 heavy (non-hydrogen) atoms. The van der Waals surface area contributed by atoms with Crippen LogP contribution in [-0.2, 0) is 9.47 Å². The molecule has 0 radical (unpaired) electrons. The minimum atomic E-state index is 0.136. The molecule has 1 N–H and O–H groups in total. The standard InChI is InChI=1S/C10H17N2O3/c1-5-14-9(7-8(3)4)10(11-12-13)15-6-2/h7,12H,3,5-6H2,1-2,4H3/q-1/b9-7+,11-10+. The van der Waals surface area contributed by atoms with Gasteiger partial charge in [0.15, 0.2) is 5.76 Å². The maximum absolute atomic E-state index is 10.2. The van der Waals surface area contributed by atoms with Gasteiger partial charge in [0, 0.05) is 0 Å². The zero-order valence-electron chi connectivity index (χ0n) is 9.37. The van der Waals surface area contributed by atoms with Crippen LogP contribution in [0.3, 0.4) is 0 Å². The highest BCUT2D eigenvalue weighted by Gasteiger charge is 2.08. The number of nitrogens with zero attached hydrogens (tertiary/aromatic N) is 1. The summed E-state index contributed by atoms with van der Waals surface area (Å²) in [4.78, 5) is 0. The lowest BCUT2D eigenvalue weighted by Gasteiger charge is -2.13. The van der Waals surface area contributed by atoms with Gasteiger partial charge in [0.2, 0.25) is 0 Å². The van der Waals surface area contributed by atoms with E-state index in [1.165, 1.54) is 5.59 Å². The van der Waals surface area contributed by atoms with Gasteiger partial charge in [-0.1, -0.05) is 12.2 Å². The average molecular weight is 213 g/mol. The first kappa shape index (κ1) is 13.5. The summed E-state index contributed by atoms with van der Waals surface area (Å²) in [6.45, 7) is 10.0. The van der Waals surface area contributed by atoms with Crippen molar-refractivity contribution >= 4 is 5.90 Å². The second-order valence-electron chi connectivity index (χ2n) is 2.73. The summed E-state index contributed by atoms with van der Waals surface area (Å²) in [5.41, 5.74) is 2.22. The lowest BCUT2D eigenvalue weighted by molar-refractivity contribution is 0.222. The van der Waals surface area contributed by atoms with Crippen LogP contribution in [0.1, 0.15) is 20.8 Å². The van der Waals surface area contributed by atoms with Gasteiger partial charge in [-0.3, -0.25) is 0 Å². The molecule has 5 heteroatoms. The molecular formula is C10H17N2O3-. The Balaban J connectivity index is 4.83. The van der Waals surface area contributed by atoms with Crippen LogP contribution in [0.15, 0.2) is 29.1 Å². The largest absolute Gasteiger partial charge is 0.744 e. The van der Waals surface area contributed by atoms with Gasteiger partial charge in [0.05, 0.1) is 13.2 Å². The molecule has 0 aliphatic carbocycles. The van der Waals surface area contributed by atoms with Crippen LogP contribution in [0, 0.1) is 5.21 Å². The fourth-order valence-electron chi connectivity index (χ4n) is 0.881. The van der Waals surface area contributed by atoms with E-state index >= 15 is 0 Å². The van der Waals surface area contributed by atoms with Gasteiger partial charge < -0.3 is 20.3 Å². The first-order valence-corrected chi connectivity index (χ1v) is 4.73. The molecule has 0 rings (SSSR count). The van der Waals surface area contributed by atoms with Crippen LogP contribution in [0.25, 0.3) is 0 Å². The average Bonchev–Trinajstić information content (AvgIpc) is 2.16. The Bertz CT molecular complexity index is 259. The Morgan fingerprint density at radius 1 is 1.40 bits per heavy atom. The molecule has 0 heterocycles. The van der Waals surface area contributed by atoms with Crippen LogP contribution in [0.5, 0.6) is 0 Å². The number of rotatable bonds is 6. The molecule has 0 aromatic carbocycles. The molecule has 0 fully saturated rings. The third kappa shape index (κ3) is 5.74. The van der Waals surface area contributed by atoms with E-state index in [1.54, 1.807) is 13.0 Å². The van der Waals surface area contributed by atoms with E-state index in [4.69, 9.17) is 9.47 Å². The van der Waals surface area contributed by atoms with Crippen molar-refractivity contribution in [3.05, 3.63) is 29.2 Å². The van der Waals surface area contributed by atoms with Crippen LogP contribution < -0.4 is 5.59 Å². The number of nitrogens with one attached hydrogen (secondary N) is 1. The Morgan fingerprint density at radius 3 is 2.40 bits per heavy atom. The summed E-state index contributed by atoms with van der Waals surface area (Å²) < 4.78 is 10.4. The highest BCUT2D eigenvalue weighted by atomic mass is 16.5. The first-order valence-electron chi connectivity index (χ1n) is 4.73. The van der Waals surface area contributed by atoms with Crippen LogP contribution in [0.2, 0.25) is 0 Å². The molecule has 0 aromatic heterocycles. The second kappa shape index (κ2) is 7.87. The van der Waals surface area contributed by atoms with E-state index in [0.29, 0.717) is 19.0 Å². The number of hydrogen-bond acceptors (Lipinski definition) is 5. The van der Waals surface area contributed by atoms with Gasteiger partial charge >= 0.3 is 0 Å². The topological polar surface area (TPSA) is 65.9 Å². The van der Waals surface area contributed by atoms with Crippen molar-refractivity contribution in [3.63, 3.8) is 0 Å². The molecule has 0 aliphatic heterocycles. The van der Waals surface area contributed by atoms with E-state index in [2.05, 4.69) is 11.7 Å². The maximum atomic E-state index is 10.2. The molecule has 0 atom stereocenters. The van der Waals surface area contributed by atoms with Gasteiger partial charge in [-0.15, -0.1) is 5.10 Å². The normalized spacial score (nSPS) is 12.3. The van der Waals surface area contributed by atoms with Crippen molar-refractivity contribution in [1.82, 2.24) is 5.59 Å². The predicted molar refractivity (Wildman–Crippen MR) is 60.1 cm³/mol. The van der Waals surface area contributed by atoms with Crippen LogP contribution >= 0.6 is 0 Å². The third-order valence-corrected chi connectivity index (χ3v) is 1.32. The Kier molecular flexibility index (Phi) is 7.09. The number of hydrazone groups is 1. The smallest absolute Gasteiger partial charge is 0.272 e. The fourth-order valence-corrected chi connectivity index (χ4v) is 0.881. The lowest BCUT2D eigenvalue weighted by atomic mass is 10.3. The monoisotopic (exact) mass is 213 g/mol. The summed E-state index contributed by atoms with van der Waals surface area (Å²) in [6, 6.07) is 0. The number of allylic oxidation sites excluding steroid dienone is 2. The quantitative estimate of drug-likeness (QED) is 0.241. The van der Waals surface area contributed by atoms with Crippen molar-refractivity contribution in [2.24, 2.45) is 5.10 Å². The minimum absolute atomic E-state index is 0.136. The number of hydrogen-bond donors (Lipinski definition) is 1. The van der Waals surface area contributed by atoms with Crippen molar-refractivity contribution in [2.45, 2.75) is 20.8 Å². The first-order chi connectivity index (χ1) is 7.15. The molecule has 0 bridgehead atoms. The minimum Gasteiger partial charge on any atom is -0.744 e. The molecular weight excluding hydrogens is 196 g/mol. The summed E-state index contributed by atoms with van der Waals surface area (Å²) in [5, 5.41) is 13.6. The summed E-state index contributed by atoms with van der Waals surface area (Å²) >= 11 is 0.